The number of thiophene rings is 1. The van der Waals surface area contributed by atoms with Crippen LogP contribution in [0.2, 0.25) is 0 Å². The molecule has 0 radical (unpaired) electrons. The maximum Gasteiger partial charge on any atom is 0.0924 e. The van der Waals surface area contributed by atoms with Crippen LogP contribution in [0.5, 0.6) is 0 Å². The van der Waals surface area contributed by atoms with E-state index in [9.17, 15) is 0 Å². The molecule has 33 heavy (non-hydrogen) atoms. The van der Waals surface area contributed by atoms with Gasteiger partial charge < -0.3 is 11.1 Å². The molecule has 0 aliphatic heterocycles. The normalized spacial score (nSPS) is 12.2. The van der Waals surface area contributed by atoms with Crippen molar-refractivity contribution in [3.05, 3.63) is 89.1 Å². The molecule has 166 valence electrons. The van der Waals surface area contributed by atoms with Crippen LogP contribution in [0.15, 0.2) is 72.9 Å². The lowest BCUT2D eigenvalue weighted by molar-refractivity contribution is 0.699. The Kier molecular flexibility index (Phi) is 5.94. The number of anilines is 1. The van der Waals surface area contributed by atoms with E-state index in [1.807, 2.05) is 19.2 Å². The van der Waals surface area contributed by atoms with Gasteiger partial charge in [-0.15, -0.1) is 11.3 Å². The van der Waals surface area contributed by atoms with Crippen molar-refractivity contribution in [2.45, 2.75) is 26.3 Å². The van der Waals surface area contributed by atoms with E-state index >= 15 is 0 Å². The van der Waals surface area contributed by atoms with Crippen molar-refractivity contribution in [3.63, 3.8) is 0 Å². The van der Waals surface area contributed by atoms with Crippen molar-refractivity contribution in [2.75, 3.05) is 11.9 Å². The molecule has 0 aliphatic carbocycles. The van der Waals surface area contributed by atoms with Gasteiger partial charge in [-0.1, -0.05) is 36.4 Å². The highest BCUT2D eigenvalue weighted by molar-refractivity contribution is 7.15. The third kappa shape index (κ3) is 4.67. The largest absolute Gasteiger partial charge is 0.382 e. The van der Waals surface area contributed by atoms with Crippen molar-refractivity contribution >= 4 is 27.9 Å². The minimum absolute atomic E-state index is 0.0143. The second-order valence-corrected chi connectivity index (χ2v) is 9.73. The molecule has 0 saturated heterocycles. The highest BCUT2D eigenvalue weighted by atomic mass is 32.1. The number of nitrogens with zero attached hydrogens (tertiary/aromatic N) is 2. The third-order valence-corrected chi connectivity index (χ3v) is 6.83. The molecular weight excluding hydrogens is 426 g/mol. The van der Waals surface area contributed by atoms with Gasteiger partial charge in [-0.25, -0.2) is 0 Å². The lowest BCUT2D eigenvalue weighted by Crippen LogP contribution is -2.31. The molecule has 5 nitrogen and oxygen atoms in total. The van der Waals surface area contributed by atoms with Gasteiger partial charge in [-0.3, -0.25) is 10.1 Å². The first kappa shape index (κ1) is 21.4. The number of H-pyrrole nitrogens is 1. The molecule has 0 spiro atoms. The number of fused-ring (bicyclic) bond motifs is 1. The van der Waals surface area contributed by atoms with E-state index in [0.717, 1.165) is 45.5 Å². The summed E-state index contributed by atoms with van der Waals surface area (Å²) in [6.07, 6.45) is 2.74. The average molecular weight is 454 g/mol. The van der Waals surface area contributed by atoms with E-state index in [1.54, 1.807) is 11.3 Å². The number of aryl methyl sites for hydroxylation is 2. The predicted molar refractivity (Wildman–Crippen MR) is 139 cm³/mol. The summed E-state index contributed by atoms with van der Waals surface area (Å²) in [4.78, 5) is 7.31. The number of aromatic nitrogens is 3. The fourth-order valence-electron chi connectivity index (χ4n) is 4.08. The monoisotopic (exact) mass is 453 g/mol. The molecule has 5 aromatic rings. The Morgan fingerprint density at radius 2 is 1.88 bits per heavy atom. The van der Waals surface area contributed by atoms with E-state index in [1.165, 1.54) is 15.3 Å². The van der Waals surface area contributed by atoms with Gasteiger partial charge in [-0.05, 0) is 61.7 Å². The van der Waals surface area contributed by atoms with Crippen LogP contribution in [-0.2, 0) is 6.42 Å². The number of pyridine rings is 1. The number of nitrogens with one attached hydrogen (secondary N) is 2. The molecular formula is C27H27N5S. The summed E-state index contributed by atoms with van der Waals surface area (Å²) >= 11 is 1.76. The molecule has 0 aliphatic rings. The Balaban J connectivity index is 1.45. The standard InChI is InChI=1S/C27H27N5S/c1-17-8-11-26(33-17)27-24(20-9-10-25-23(13-20)18(2)31-32-25)14-22(16-30-27)29-15-21(28)12-19-6-4-3-5-7-19/h3-11,13-14,16,21,29H,12,15,28H2,1-2H3,(H,31,32)/t21-/m0/s1. The Bertz CT molecular complexity index is 1390. The van der Waals surface area contributed by atoms with Crippen molar-refractivity contribution in [1.29, 1.82) is 0 Å². The highest BCUT2D eigenvalue weighted by Crippen LogP contribution is 2.37. The molecule has 2 aromatic carbocycles. The molecule has 0 unspecified atom stereocenters. The summed E-state index contributed by atoms with van der Waals surface area (Å²) in [7, 11) is 0. The Hall–Kier alpha value is -3.48. The lowest BCUT2D eigenvalue weighted by Gasteiger charge is -2.16. The minimum Gasteiger partial charge on any atom is -0.382 e. The van der Waals surface area contributed by atoms with Crippen LogP contribution in [0, 0.1) is 13.8 Å². The van der Waals surface area contributed by atoms with Crippen molar-refractivity contribution in [3.8, 4) is 21.7 Å². The summed E-state index contributed by atoms with van der Waals surface area (Å²) in [5.74, 6) is 0. The van der Waals surface area contributed by atoms with Gasteiger partial charge in [0.1, 0.15) is 0 Å². The molecule has 3 heterocycles. The van der Waals surface area contributed by atoms with Crippen LogP contribution >= 0.6 is 11.3 Å². The van der Waals surface area contributed by atoms with Crippen LogP contribution in [0.1, 0.15) is 16.1 Å². The summed E-state index contributed by atoms with van der Waals surface area (Å²) < 4.78 is 0. The maximum absolute atomic E-state index is 6.40. The molecule has 0 bridgehead atoms. The zero-order valence-electron chi connectivity index (χ0n) is 18.8. The number of rotatable bonds is 7. The molecule has 0 saturated carbocycles. The number of aromatic amines is 1. The van der Waals surface area contributed by atoms with Gasteiger partial charge in [0.05, 0.1) is 28.0 Å². The SMILES string of the molecule is Cc1ccc(-c2ncc(NC[C@@H](N)Cc3ccccc3)cc2-c2ccc3n[nH]c(C)c3c2)s1. The van der Waals surface area contributed by atoms with Gasteiger partial charge in [0, 0.05) is 34.1 Å². The Morgan fingerprint density at radius 1 is 1.03 bits per heavy atom. The first-order chi connectivity index (χ1) is 16.1. The lowest BCUT2D eigenvalue weighted by atomic mass is 10.0. The van der Waals surface area contributed by atoms with Crippen molar-refractivity contribution in [2.24, 2.45) is 5.73 Å². The number of hydrogen-bond acceptors (Lipinski definition) is 5. The van der Waals surface area contributed by atoms with Gasteiger partial charge in [0.2, 0.25) is 0 Å². The van der Waals surface area contributed by atoms with Crippen molar-refractivity contribution in [1.82, 2.24) is 15.2 Å². The molecule has 4 N–H and O–H groups in total. The van der Waals surface area contributed by atoms with Crippen LogP contribution in [0.3, 0.4) is 0 Å². The summed E-state index contributed by atoms with van der Waals surface area (Å²) in [6.45, 7) is 4.85. The molecule has 5 rings (SSSR count). The zero-order chi connectivity index (χ0) is 22.8. The van der Waals surface area contributed by atoms with E-state index < -0.39 is 0 Å². The average Bonchev–Trinajstić information content (AvgIpc) is 3.43. The Morgan fingerprint density at radius 3 is 2.67 bits per heavy atom. The Labute approximate surface area is 197 Å². The van der Waals surface area contributed by atoms with Gasteiger partial charge in [-0.2, -0.15) is 5.10 Å². The molecule has 3 aromatic heterocycles. The van der Waals surface area contributed by atoms with Gasteiger partial charge >= 0.3 is 0 Å². The third-order valence-electron chi connectivity index (χ3n) is 5.83. The molecule has 6 heteroatoms. The number of nitrogens with two attached hydrogens (primary N) is 1. The van der Waals surface area contributed by atoms with Gasteiger partial charge in [0.15, 0.2) is 0 Å². The van der Waals surface area contributed by atoms with E-state index in [0.29, 0.717) is 6.54 Å². The second kappa shape index (κ2) is 9.17. The summed E-state index contributed by atoms with van der Waals surface area (Å²) in [6, 6.07) is 23.2. The predicted octanol–water partition coefficient (Wildman–Crippen LogP) is 5.95. The smallest absolute Gasteiger partial charge is 0.0924 e. The fourth-order valence-corrected chi connectivity index (χ4v) is 4.96. The second-order valence-electron chi connectivity index (χ2n) is 8.44. The topological polar surface area (TPSA) is 79.6 Å². The quantitative estimate of drug-likeness (QED) is 0.284. The molecule has 1 atom stereocenters. The highest BCUT2D eigenvalue weighted by Gasteiger charge is 2.14. The summed E-state index contributed by atoms with van der Waals surface area (Å²) in [5.41, 5.74) is 13.9. The van der Waals surface area contributed by atoms with Crippen LogP contribution in [0.4, 0.5) is 5.69 Å². The van der Waals surface area contributed by atoms with E-state index in [4.69, 9.17) is 10.7 Å². The first-order valence-electron chi connectivity index (χ1n) is 11.1. The zero-order valence-corrected chi connectivity index (χ0v) is 19.6. The number of hydrogen-bond donors (Lipinski definition) is 3. The van der Waals surface area contributed by atoms with Crippen LogP contribution in [0.25, 0.3) is 32.6 Å². The van der Waals surface area contributed by atoms with E-state index in [-0.39, 0.29) is 6.04 Å². The fraction of sp³-hybridized carbons (Fsp3) is 0.185. The maximum atomic E-state index is 6.40. The molecule has 0 fully saturated rings. The minimum atomic E-state index is 0.0143. The first-order valence-corrected chi connectivity index (χ1v) is 11.9. The van der Waals surface area contributed by atoms with Crippen molar-refractivity contribution < 1.29 is 0 Å². The van der Waals surface area contributed by atoms with Crippen LogP contribution < -0.4 is 11.1 Å². The number of benzene rings is 2. The van der Waals surface area contributed by atoms with E-state index in [2.05, 4.69) is 83.1 Å². The molecule has 0 amide bonds. The van der Waals surface area contributed by atoms with Gasteiger partial charge in [0.25, 0.3) is 0 Å². The summed E-state index contributed by atoms with van der Waals surface area (Å²) in [5, 5.41) is 12.1. The van der Waals surface area contributed by atoms with Crippen LogP contribution in [-0.4, -0.2) is 27.8 Å².